The maximum Gasteiger partial charge on any atom is 0.341 e. The van der Waals surface area contributed by atoms with Crippen LogP contribution >= 0.6 is 0 Å². The summed E-state index contributed by atoms with van der Waals surface area (Å²) in [5.74, 6) is -0.487. The summed E-state index contributed by atoms with van der Waals surface area (Å²) in [6.07, 6.45) is 6.22. The lowest BCUT2D eigenvalue weighted by molar-refractivity contribution is 0.0695. The summed E-state index contributed by atoms with van der Waals surface area (Å²) in [4.78, 5) is 28.3. The second kappa shape index (κ2) is 7.89. The van der Waals surface area contributed by atoms with Gasteiger partial charge >= 0.3 is 5.97 Å². The molecule has 0 spiro atoms. The minimum atomic E-state index is -1.27. The van der Waals surface area contributed by atoms with Gasteiger partial charge in [-0.2, -0.15) is 0 Å². The standard InChI is InChI=1S/C21H18N4O4/c26-19-14-6-7-16(22-9-10-24-17-5-1-2-8-23-17)20-18(14)25(11-3-4-12-29-20)13-15(19)21(27)28/h1-8,11-13,22H,9-10H2,(H,23,24)(H,27,28). The lowest BCUT2D eigenvalue weighted by Gasteiger charge is -2.12. The topological polar surface area (TPSA) is 109 Å². The third-order valence-corrected chi connectivity index (χ3v) is 4.41. The van der Waals surface area contributed by atoms with Crippen LogP contribution in [0.15, 0.2) is 76.5 Å². The SMILES string of the molecule is O=C(O)c1cn2ccccoc3c(NCCNc4ccccn4)ccc(c1=O)c32. The van der Waals surface area contributed by atoms with Crippen molar-refractivity contribution in [2.45, 2.75) is 0 Å². The van der Waals surface area contributed by atoms with E-state index in [0.29, 0.717) is 29.9 Å². The van der Waals surface area contributed by atoms with Gasteiger partial charge in [0.2, 0.25) is 5.43 Å². The first-order valence-corrected chi connectivity index (χ1v) is 8.99. The predicted molar refractivity (Wildman–Crippen MR) is 110 cm³/mol. The number of nitrogens with zero attached hydrogens (tertiary/aromatic N) is 2. The molecule has 1 aromatic carbocycles. The highest BCUT2D eigenvalue weighted by Crippen LogP contribution is 2.25. The highest BCUT2D eigenvalue weighted by molar-refractivity contribution is 6.01. The van der Waals surface area contributed by atoms with E-state index in [1.54, 1.807) is 41.1 Å². The zero-order chi connectivity index (χ0) is 20.2. The zero-order valence-electron chi connectivity index (χ0n) is 15.3. The minimum absolute atomic E-state index is 0.275. The molecule has 0 bridgehead atoms. The van der Waals surface area contributed by atoms with Gasteiger partial charge in [0.25, 0.3) is 0 Å². The number of nitrogens with one attached hydrogen (secondary N) is 2. The molecule has 8 nitrogen and oxygen atoms in total. The van der Waals surface area contributed by atoms with Crippen LogP contribution in [0.25, 0.3) is 16.5 Å². The van der Waals surface area contributed by atoms with Gasteiger partial charge in [-0.05, 0) is 36.4 Å². The molecule has 0 saturated carbocycles. The lowest BCUT2D eigenvalue weighted by atomic mass is 10.1. The van der Waals surface area contributed by atoms with Crippen LogP contribution < -0.4 is 16.1 Å². The van der Waals surface area contributed by atoms with E-state index in [9.17, 15) is 14.7 Å². The molecule has 0 fully saturated rings. The summed E-state index contributed by atoms with van der Waals surface area (Å²) in [5, 5.41) is 16.1. The van der Waals surface area contributed by atoms with Gasteiger partial charge in [0.15, 0.2) is 5.58 Å². The zero-order valence-corrected chi connectivity index (χ0v) is 15.3. The molecular formula is C21H18N4O4. The van der Waals surface area contributed by atoms with E-state index in [1.165, 1.54) is 12.5 Å². The summed E-state index contributed by atoms with van der Waals surface area (Å²) < 4.78 is 7.36. The third-order valence-electron chi connectivity index (χ3n) is 4.41. The number of hydrogen-bond acceptors (Lipinski definition) is 6. The molecule has 0 atom stereocenters. The van der Waals surface area contributed by atoms with Crippen molar-refractivity contribution in [3.63, 3.8) is 0 Å². The Morgan fingerprint density at radius 2 is 1.97 bits per heavy atom. The van der Waals surface area contributed by atoms with Crippen molar-refractivity contribution in [3.8, 4) is 0 Å². The van der Waals surface area contributed by atoms with Crippen LogP contribution in [0.3, 0.4) is 0 Å². The number of carboxylic acid groups (broad SMARTS) is 1. The first kappa shape index (κ1) is 18.3. The summed E-state index contributed by atoms with van der Waals surface area (Å²) in [5.41, 5.74) is 0.808. The fourth-order valence-corrected chi connectivity index (χ4v) is 3.10. The molecule has 0 aliphatic rings. The van der Waals surface area contributed by atoms with Gasteiger partial charge in [-0.3, -0.25) is 4.79 Å². The van der Waals surface area contributed by atoms with Crippen LogP contribution in [0.5, 0.6) is 0 Å². The summed E-state index contributed by atoms with van der Waals surface area (Å²) in [7, 11) is 0. The summed E-state index contributed by atoms with van der Waals surface area (Å²) in [6, 6.07) is 12.4. The Labute approximate surface area is 165 Å². The average Bonchev–Trinajstić information content (AvgIpc) is 2.71. The van der Waals surface area contributed by atoms with Gasteiger partial charge in [-0.25, -0.2) is 9.78 Å². The van der Waals surface area contributed by atoms with Gasteiger partial charge in [0, 0.05) is 31.7 Å². The van der Waals surface area contributed by atoms with E-state index >= 15 is 0 Å². The molecule has 0 aliphatic heterocycles. The Morgan fingerprint density at radius 3 is 2.76 bits per heavy atom. The number of aromatic nitrogens is 2. The van der Waals surface area contributed by atoms with E-state index in [1.807, 2.05) is 18.2 Å². The van der Waals surface area contributed by atoms with Crippen LogP contribution in [-0.2, 0) is 0 Å². The average molecular weight is 390 g/mol. The normalized spacial score (nSPS) is 10.8. The van der Waals surface area contributed by atoms with Gasteiger partial charge in [0.05, 0.1) is 17.3 Å². The molecule has 29 heavy (non-hydrogen) atoms. The highest BCUT2D eigenvalue weighted by Gasteiger charge is 2.16. The summed E-state index contributed by atoms with van der Waals surface area (Å²) >= 11 is 0. The number of benzene rings is 1. The molecule has 4 rings (SSSR count). The van der Waals surface area contributed by atoms with E-state index in [-0.39, 0.29) is 10.9 Å². The number of carboxylic acids is 1. The van der Waals surface area contributed by atoms with E-state index in [2.05, 4.69) is 15.6 Å². The molecular weight excluding hydrogens is 372 g/mol. The molecule has 0 saturated heterocycles. The van der Waals surface area contributed by atoms with Crippen molar-refractivity contribution in [2.75, 3.05) is 23.7 Å². The molecule has 3 N–H and O–H groups in total. The first-order chi connectivity index (χ1) is 14.1. The number of pyridine rings is 2. The van der Waals surface area contributed by atoms with Crippen molar-refractivity contribution in [1.29, 1.82) is 0 Å². The van der Waals surface area contributed by atoms with E-state index in [0.717, 1.165) is 5.82 Å². The second-order valence-electron chi connectivity index (χ2n) is 6.28. The Bertz CT molecular complexity index is 1260. The van der Waals surface area contributed by atoms with Crippen molar-refractivity contribution < 1.29 is 14.3 Å². The van der Waals surface area contributed by atoms with Crippen LogP contribution in [0, 0.1) is 0 Å². The largest absolute Gasteiger partial charge is 0.477 e. The maximum atomic E-state index is 12.6. The number of carbonyl (C=O) groups is 1. The Hall–Kier alpha value is -4.07. The monoisotopic (exact) mass is 390 g/mol. The molecule has 0 unspecified atom stereocenters. The Kier molecular flexibility index (Phi) is 4.98. The van der Waals surface area contributed by atoms with Gasteiger partial charge in [-0.15, -0.1) is 0 Å². The van der Waals surface area contributed by atoms with Gasteiger partial charge in [-0.1, -0.05) is 6.07 Å². The van der Waals surface area contributed by atoms with Crippen molar-refractivity contribution in [1.82, 2.24) is 9.38 Å². The van der Waals surface area contributed by atoms with Gasteiger partial charge in [0.1, 0.15) is 16.9 Å². The van der Waals surface area contributed by atoms with Crippen LogP contribution in [0.4, 0.5) is 11.5 Å². The maximum absolute atomic E-state index is 12.6. The second-order valence-corrected chi connectivity index (χ2v) is 6.28. The lowest BCUT2D eigenvalue weighted by Crippen LogP contribution is -2.18. The molecule has 4 aromatic rings. The summed E-state index contributed by atoms with van der Waals surface area (Å²) in [6.45, 7) is 1.20. The fraction of sp³-hybridized carbons (Fsp3) is 0.0952. The third kappa shape index (κ3) is 3.68. The van der Waals surface area contributed by atoms with Crippen LogP contribution in [0.1, 0.15) is 10.4 Å². The van der Waals surface area contributed by atoms with Crippen LogP contribution in [0.2, 0.25) is 0 Å². The van der Waals surface area contributed by atoms with Crippen molar-refractivity contribution in [3.05, 3.63) is 83.1 Å². The molecule has 8 heteroatoms. The van der Waals surface area contributed by atoms with E-state index in [4.69, 9.17) is 4.42 Å². The molecule has 0 aliphatic carbocycles. The number of anilines is 2. The molecule has 0 amide bonds. The minimum Gasteiger partial charge on any atom is -0.477 e. The fourth-order valence-electron chi connectivity index (χ4n) is 3.10. The molecule has 3 heterocycles. The Morgan fingerprint density at radius 1 is 1.10 bits per heavy atom. The number of hydrogen-bond donors (Lipinski definition) is 3. The van der Waals surface area contributed by atoms with Gasteiger partial charge < -0.3 is 24.6 Å². The van der Waals surface area contributed by atoms with Crippen LogP contribution in [-0.4, -0.2) is 33.6 Å². The first-order valence-electron chi connectivity index (χ1n) is 8.99. The van der Waals surface area contributed by atoms with Crippen molar-refractivity contribution in [2.24, 2.45) is 0 Å². The molecule has 3 aromatic heterocycles. The smallest absolute Gasteiger partial charge is 0.341 e. The van der Waals surface area contributed by atoms with E-state index < -0.39 is 11.4 Å². The number of rotatable bonds is 6. The quantitative estimate of drug-likeness (QED) is 0.434. The Balaban J connectivity index is 1.72. The molecule has 146 valence electrons. The van der Waals surface area contributed by atoms with Crippen molar-refractivity contribution >= 4 is 34.0 Å². The molecule has 0 radical (unpaired) electrons. The predicted octanol–water partition coefficient (Wildman–Crippen LogP) is 3.23. The number of aromatic carboxylic acids is 1. The highest BCUT2D eigenvalue weighted by atomic mass is 16.4.